The maximum Gasteiger partial charge on any atom is 0.309 e. The molecule has 0 radical (unpaired) electrons. The highest BCUT2D eigenvalue weighted by atomic mass is 16.5. The van der Waals surface area contributed by atoms with E-state index in [2.05, 4.69) is 25.2 Å². The maximum absolute atomic E-state index is 11.6. The minimum absolute atomic E-state index is 0.0575. The van der Waals surface area contributed by atoms with Crippen molar-refractivity contribution < 1.29 is 9.53 Å². The van der Waals surface area contributed by atoms with Crippen molar-refractivity contribution in [1.29, 1.82) is 0 Å². The topological polar surface area (TPSA) is 26.3 Å². The van der Waals surface area contributed by atoms with Crippen LogP contribution in [-0.4, -0.2) is 13.1 Å². The van der Waals surface area contributed by atoms with Crippen LogP contribution in [0.1, 0.15) is 39.0 Å². The number of methoxy groups -OCH3 is 1. The molecular weight excluding hydrogens is 212 g/mol. The van der Waals surface area contributed by atoms with Crippen LogP contribution in [-0.2, 0) is 9.53 Å². The number of allylic oxidation sites excluding steroid dienone is 6. The Hall–Kier alpha value is -1.31. The molecule has 0 saturated heterocycles. The Labute approximate surface area is 103 Å². The summed E-state index contributed by atoms with van der Waals surface area (Å²) in [6.07, 6.45) is 11.7. The number of carbonyl (C=O) groups is 1. The monoisotopic (exact) mass is 232 g/mol. The van der Waals surface area contributed by atoms with Gasteiger partial charge in [0.1, 0.15) is 0 Å². The minimum Gasteiger partial charge on any atom is -0.469 e. The molecule has 2 aliphatic rings. The predicted molar refractivity (Wildman–Crippen MR) is 68.5 cm³/mol. The lowest BCUT2D eigenvalue weighted by atomic mass is 9.81. The summed E-state index contributed by atoms with van der Waals surface area (Å²) in [7, 11) is 1.48. The van der Waals surface area contributed by atoms with Crippen molar-refractivity contribution in [2.45, 2.75) is 39.0 Å². The Balaban J connectivity index is 2.13. The van der Waals surface area contributed by atoms with E-state index in [9.17, 15) is 4.79 Å². The number of esters is 1. The third kappa shape index (κ3) is 2.68. The van der Waals surface area contributed by atoms with Crippen molar-refractivity contribution in [3.8, 4) is 0 Å². The average molecular weight is 232 g/mol. The molecule has 2 rings (SSSR count). The van der Waals surface area contributed by atoms with E-state index in [4.69, 9.17) is 4.74 Å². The van der Waals surface area contributed by atoms with Crippen LogP contribution in [0.2, 0.25) is 0 Å². The van der Waals surface area contributed by atoms with E-state index < -0.39 is 0 Å². The normalized spacial score (nSPS) is 23.9. The molecule has 2 nitrogen and oxygen atoms in total. The molecule has 0 aromatic heterocycles. The van der Waals surface area contributed by atoms with Crippen molar-refractivity contribution in [2.24, 2.45) is 5.92 Å². The largest absolute Gasteiger partial charge is 0.469 e. The molecule has 2 aliphatic carbocycles. The molecular formula is C15H20O2. The maximum atomic E-state index is 11.6. The number of ether oxygens (including phenoxy) is 1. The van der Waals surface area contributed by atoms with E-state index in [0.717, 1.165) is 32.1 Å². The number of rotatable bonds is 2. The lowest BCUT2D eigenvalue weighted by Crippen LogP contribution is -2.21. The van der Waals surface area contributed by atoms with Crippen molar-refractivity contribution in [1.82, 2.24) is 0 Å². The summed E-state index contributed by atoms with van der Waals surface area (Å²) >= 11 is 0. The Morgan fingerprint density at radius 2 is 2.24 bits per heavy atom. The van der Waals surface area contributed by atoms with Gasteiger partial charge in [-0.2, -0.15) is 0 Å². The molecule has 1 unspecified atom stereocenters. The summed E-state index contributed by atoms with van der Waals surface area (Å²) in [6, 6.07) is 0. The van der Waals surface area contributed by atoms with Crippen molar-refractivity contribution >= 4 is 5.97 Å². The van der Waals surface area contributed by atoms with Gasteiger partial charge in [0.25, 0.3) is 0 Å². The van der Waals surface area contributed by atoms with Gasteiger partial charge in [-0.1, -0.05) is 30.7 Å². The summed E-state index contributed by atoms with van der Waals surface area (Å²) in [5.41, 5.74) is 4.23. The molecule has 2 heteroatoms. The first-order chi connectivity index (χ1) is 8.24. The van der Waals surface area contributed by atoms with Crippen molar-refractivity contribution in [3.63, 3.8) is 0 Å². The van der Waals surface area contributed by atoms with Gasteiger partial charge < -0.3 is 4.74 Å². The molecule has 92 valence electrons. The van der Waals surface area contributed by atoms with E-state index >= 15 is 0 Å². The molecule has 0 spiro atoms. The molecule has 0 N–H and O–H groups in total. The van der Waals surface area contributed by atoms with E-state index in [0.29, 0.717) is 0 Å². The molecule has 0 aliphatic heterocycles. The van der Waals surface area contributed by atoms with Gasteiger partial charge in [-0.15, -0.1) is 0 Å². The molecule has 17 heavy (non-hydrogen) atoms. The van der Waals surface area contributed by atoms with Crippen LogP contribution in [0, 0.1) is 5.92 Å². The van der Waals surface area contributed by atoms with Crippen molar-refractivity contribution in [3.05, 3.63) is 34.9 Å². The number of hydrogen-bond acceptors (Lipinski definition) is 2. The minimum atomic E-state index is -0.0575. The first-order valence-electron chi connectivity index (χ1n) is 6.40. The van der Waals surface area contributed by atoms with Crippen LogP contribution in [0.5, 0.6) is 0 Å². The second kappa shape index (κ2) is 5.35. The zero-order valence-corrected chi connectivity index (χ0v) is 10.7. The van der Waals surface area contributed by atoms with Gasteiger partial charge in [-0.05, 0) is 43.3 Å². The zero-order chi connectivity index (χ0) is 12.3. The summed E-state index contributed by atoms with van der Waals surface area (Å²) in [4.78, 5) is 11.6. The SMILES string of the molecule is CCC1=CC=C2CCC(C(=O)OC)CC2=CC1. The van der Waals surface area contributed by atoms with Gasteiger partial charge in [-0.25, -0.2) is 0 Å². The lowest BCUT2D eigenvalue weighted by molar-refractivity contribution is -0.145. The number of fused-ring (bicyclic) bond motifs is 1. The fourth-order valence-corrected chi connectivity index (χ4v) is 2.56. The predicted octanol–water partition coefficient (Wildman–Crippen LogP) is 3.55. The summed E-state index contributed by atoms with van der Waals surface area (Å²) in [5.74, 6) is 0.00412. The van der Waals surface area contributed by atoms with Gasteiger partial charge in [0.05, 0.1) is 13.0 Å². The average Bonchev–Trinajstić information content (AvgIpc) is 2.59. The second-order valence-corrected chi connectivity index (χ2v) is 4.77. The van der Waals surface area contributed by atoms with Crippen molar-refractivity contribution in [2.75, 3.05) is 7.11 Å². The molecule has 1 atom stereocenters. The standard InChI is InChI=1S/C15H20O2/c1-3-11-4-6-12-8-9-14(15(16)17-2)10-13(12)7-5-11/h4,6-7,14H,3,5,8-10H2,1-2H3. The van der Waals surface area contributed by atoms with E-state index in [-0.39, 0.29) is 11.9 Å². The lowest BCUT2D eigenvalue weighted by Gasteiger charge is -2.24. The Bertz CT molecular complexity index is 399. The van der Waals surface area contributed by atoms with Gasteiger partial charge in [0.15, 0.2) is 0 Å². The smallest absolute Gasteiger partial charge is 0.309 e. The molecule has 0 amide bonds. The summed E-state index contributed by atoms with van der Waals surface area (Å²) < 4.78 is 4.84. The highest BCUT2D eigenvalue weighted by Gasteiger charge is 2.27. The van der Waals surface area contributed by atoms with Crippen LogP contribution < -0.4 is 0 Å². The van der Waals surface area contributed by atoms with Crippen LogP contribution in [0.3, 0.4) is 0 Å². The highest BCUT2D eigenvalue weighted by Crippen LogP contribution is 2.35. The second-order valence-electron chi connectivity index (χ2n) is 4.77. The molecule has 1 fully saturated rings. The van der Waals surface area contributed by atoms with E-state index in [1.165, 1.54) is 23.8 Å². The first-order valence-corrected chi connectivity index (χ1v) is 6.40. The number of carbonyl (C=O) groups excluding carboxylic acids is 1. The fourth-order valence-electron chi connectivity index (χ4n) is 2.56. The summed E-state index contributed by atoms with van der Waals surface area (Å²) in [6.45, 7) is 2.19. The Morgan fingerprint density at radius 3 is 2.94 bits per heavy atom. The van der Waals surface area contributed by atoms with Crippen LogP contribution in [0.4, 0.5) is 0 Å². The van der Waals surface area contributed by atoms with E-state index in [1.807, 2.05) is 0 Å². The Kier molecular flexibility index (Phi) is 3.82. The zero-order valence-electron chi connectivity index (χ0n) is 10.7. The van der Waals surface area contributed by atoms with E-state index in [1.54, 1.807) is 0 Å². The third-order valence-electron chi connectivity index (χ3n) is 3.76. The quantitative estimate of drug-likeness (QED) is 0.680. The summed E-state index contributed by atoms with van der Waals surface area (Å²) in [5, 5.41) is 0. The van der Waals surface area contributed by atoms with Gasteiger partial charge >= 0.3 is 5.97 Å². The first kappa shape index (κ1) is 12.2. The van der Waals surface area contributed by atoms with Crippen LogP contribution in [0.25, 0.3) is 0 Å². The van der Waals surface area contributed by atoms with Gasteiger partial charge in [-0.3, -0.25) is 4.79 Å². The molecule has 0 aromatic carbocycles. The molecule has 0 aromatic rings. The Morgan fingerprint density at radius 1 is 1.41 bits per heavy atom. The van der Waals surface area contributed by atoms with Gasteiger partial charge in [0.2, 0.25) is 0 Å². The number of hydrogen-bond donors (Lipinski definition) is 0. The molecule has 0 heterocycles. The van der Waals surface area contributed by atoms with Gasteiger partial charge in [0, 0.05) is 0 Å². The van der Waals surface area contributed by atoms with Crippen LogP contribution in [0.15, 0.2) is 34.9 Å². The third-order valence-corrected chi connectivity index (χ3v) is 3.76. The highest BCUT2D eigenvalue weighted by molar-refractivity contribution is 5.73. The molecule has 1 saturated carbocycles. The fraction of sp³-hybridized carbons (Fsp3) is 0.533. The molecule has 0 bridgehead atoms. The van der Waals surface area contributed by atoms with Crippen LogP contribution >= 0.6 is 0 Å².